The maximum atomic E-state index is 12.5. The number of benzene rings is 2. The first-order valence-corrected chi connectivity index (χ1v) is 8.36. The Kier molecular flexibility index (Phi) is 3.97. The Balaban J connectivity index is 2.00. The van der Waals surface area contributed by atoms with Gasteiger partial charge in [-0.25, -0.2) is 18.0 Å². The van der Waals surface area contributed by atoms with Crippen LogP contribution in [0, 0.1) is 0 Å². The van der Waals surface area contributed by atoms with E-state index in [-0.39, 0.29) is 21.7 Å². The molecule has 0 radical (unpaired) electrons. The number of methoxy groups -OCH3 is 1. The number of H-pyrrole nitrogens is 1. The van der Waals surface area contributed by atoms with Gasteiger partial charge in [0.25, 0.3) is 10.0 Å². The summed E-state index contributed by atoms with van der Waals surface area (Å²) in [6.07, 6.45) is 0. The Labute approximate surface area is 140 Å². The number of sulfonamides is 1. The van der Waals surface area contributed by atoms with Crippen LogP contribution in [0.1, 0.15) is 10.4 Å². The van der Waals surface area contributed by atoms with E-state index in [4.69, 9.17) is 4.42 Å². The summed E-state index contributed by atoms with van der Waals surface area (Å²) in [5, 5.41) is 10.1. The quantitative estimate of drug-likeness (QED) is 0.470. The van der Waals surface area contributed by atoms with E-state index in [1.165, 1.54) is 30.3 Å². The van der Waals surface area contributed by atoms with Crippen molar-refractivity contribution in [2.45, 2.75) is 4.90 Å². The molecule has 3 rings (SSSR count). The van der Waals surface area contributed by atoms with Gasteiger partial charge in [-0.1, -0.05) is 6.07 Å². The van der Waals surface area contributed by atoms with Gasteiger partial charge in [0.15, 0.2) is 11.3 Å². The fourth-order valence-electron chi connectivity index (χ4n) is 2.20. The second-order valence-electron chi connectivity index (χ2n) is 4.97. The van der Waals surface area contributed by atoms with Crippen LogP contribution in [-0.2, 0) is 14.8 Å². The van der Waals surface area contributed by atoms with Crippen LogP contribution in [-0.4, -0.2) is 31.6 Å². The average molecular weight is 364 g/mol. The summed E-state index contributed by atoms with van der Waals surface area (Å²) in [5.74, 6) is -2.08. The number of nitrogens with one attached hydrogen (secondary N) is 2. The van der Waals surface area contributed by atoms with E-state index in [1.807, 2.05) is 0 Å². The van der Waals surface area contributed by atoms with Gasteiger partial charge in [0.05, 0.1) is 23.2 Å². The SMILES string of the molecule is COC(=O)c1cccc(NS(=O)(=O)c2ccc3[nH]c(=O)oc3c2)c1O. The average Bonchev–Trinajstić information content (AvgIpc) is 2.95. The molecule has 0 aliphatic heterocycles. The van der Waals surface area contributed by atoms with Gasteiger partial charge in [0.1, 0.15) is 5.56 Å². The maximum absolute atomic E-state index is 12.5. The van der Waals surface area contributed by atoms with Crippen LogP contribution < -0.4 is 10.5 Å². The molecule has 9 nitrogen and oxygen atoms in total. The first kappa shape index (κ1) is 16.6. The lowest BCUT2D eigenvalue weighted by molar-refractivity contribution is 0.0597. The number of carbonyl (C=O) groups excluding carboxylic acids is 1. The Hall–Kier alpha value is -3.27. The Bertz CT molecular complexity index is 1130. The molecule has 0 atom stereocenters. The minimum absolute atomic E-state index is 0.0698. The smallest absolute Gasteiger partial charge is 0.417 e. The van der Waals surface area contributed by atoms with Crippen LogP contribution >= 0.6 is 0 Å². The lowest BCUT2D eigenvalue weighted by Gasteiger charge is -2.11. The van der Waals surface area contributed by atoms with Crippen molar-refractivity contribution in [3.05, 3.63) is 52.5 Å². The molecule has 0 aliphatic carbocycles. The number of esters is 1. The third kappa shape index (κ3) is 3.06. The number of fused-ring (bicyclic) bond motifs is 1. The van der Waals surface area contributed by atoms with Crippen LogP contribution in [0.3, 0.4) is 0 Å². The fraction of sp³-hybridized carbons (Fsp3) is 0.0667. The number of aromatic nitrogens is 1. The molecule has 0 unspecified atom stereocenters. The van der Waals surface area contributed by atoms with Crippen LogP contribution in [0.15, 0.2) is 50.5 Å². The minimum Gasteiger partial charge on any atom is -0.505 e. The summed E-state index contributed by atoms with van der Waals surface area (Å²) in [4.78, 5) is 24.9. The Morgan fingerprint density at radius 1 is 1.28 bits per heavy atom. The van der Waals surface area contributed by atoms with E-state index in [0.29, 0.717) is 5.52 Å². The van der Waals surface area contributed by atoms with E-state index in [0.717, 1.165) is 13.2 Å². The zero-order valence-corrected chi connectivity index (χ0v) is 13.6. The molecule has 0 bridgehead atoms. The molecular formula is C15H12N2O7S. The number of rotatable bonds is 4. The number of oxazole rings is 1. The highest BCUT2D eigenvalue weighted by Gasteiger charge is 2.21. The summed E-state index contributed by atoms with van der Waals surface area (Å²) in [6, 6.07) is 7.76. The largest absolute Gasteiger partial charge is 0.505 e. The number of aromatic hydroxyl groups is 1. The predicted molar refractivity (Wildman–Crippen MR) is 87.1 cm³/mol. The monoisotopic (exact) mass is 364 g/mol. The van der Waals surface area contributed by atoms with Crippen molar-refractivity contribution in [2.75, 3.05) is 11.8 Å². The van der Waals surface area contributed by atoms with Crippen LogP contribution in [0.5, 0.6) is 5.75 Å². The van der Waals surface area contributed by atoms with E-state index in [9.17, 15) is 23.1 Å². The predicted octanol–water partition coefficient (Wildman–Crippen LogP) is 1.41. The van der Waals surface area contributed by atoms with Crippen LogP contribution in [0.4, 0.5) is 5.69 Å². The Morgan fingerprint density at radius 2 is 2.04 bits per heavy atom. The molecule has 0 saturated heterocycles. The highest BCUT2D eigenvalue weighted by Crippen LogP contribution is 2.30. The molecule has 0 amide bonds. The zero-order valence-electron chi connectivity index (χ0n) is 12.8. The minimum atomic E-state index is -4.11. The van der Waals surface area contributed by atoms with Crippen molar-refractivity contribution in [2.24, 2.45) is 0 Å². The van der Waals surface area contributed by atoms with E-state index >= 15 is 0 Å². The van der Waals surface area contributed by atoms with Gasteiger partial charge in [-0.2, -0.15) is 0 Å². The lowest BCUT2D eigenvalue weighted by atomic mass is 10.2. The molecule has 2 aromatic carbocycles. The van der Waals surface area contributed by atoms with Crippen molar-refractivity contribution in [3.63, 3.8) is 0 Å². The zero-order chi connectivity index (χ0) is 18.2. The molecule has 0 aliphatic rings. The second-order valence-corrected chi connectivity index (χ2v) is 6.65. The number of anilines is 1. The summed E-state index contributed by atoms with van der Waals surface area (Å²) in [6.45, 7) is 0. The fourth-order valence-corrected chi connectivity index (χ4v) is 3.28. The number of hydrogen-bond donors (Lipinski definition) is 3. The van der Waals surface area contributed by atoms with Gasteiger partial charge in [0.2, 0.25) is 0 Å². The number of phenolic OH excluding ortho intramolecular Hbond substituents is 1. The van der Waals surface area contributed by atoms with Crippen LogP contribution in [0.25, 0.3) is 11.1 Å². The number of para-hydroxylation sites is 1. The third-order valence-corrected chi connectivity index (χ3v) is 4.75. The molecule has 130 valence electrons. The molecule has 3 aromatic rings. The molecule has 25 heavy (non-hydrogen) atoms. The normalized spacial score (nSPS) is 11.4. The molecule has 0 saturated carbocycles. The van der Waals surface area contributed by atoms with Gasteiger partial charge < -0.3 is 14.3 Å². The number of hydrogen-bond acceptors (Lipinski definition) is 7. The molecule has 0 spiro atoms. The topological polar surface area (TPSA) is 139 Å². The van der Waals surface area contributed by atoms with Gasteiger partial charge >= 0.3 is 11.7 Å². The van der Waals surface area contributed by atoms with Crippen molar-refractivity contribution in [3.8, 4) is 5.75 Å². The lowest BCUT2D eigenvalue weighted by Crippen LogP contribution is -2.14. The summed E-state index contributed by atoms with van der Waals surface area (Å²) >= 11 is 0. The van der Waals surface area contributed by atoms with Crippen molar-refractivity contribution in [1.82, 2.24) is 4.98 Å². The van der Waals surface area contributed by atoms with Gasteiger partial charge in [-0.15, -0.1) is 0 Å². The molecule has 1 heterocycles. The molecular weight excluding hydrogens is 352 g/mol. The van der Waals surface area contributed by atoms with Crippen LogP contribution in [0.2, 0.25) is 0 Å². The Morgan fingerprint density at radius 3 is 2.76 bits per heavy atom. The third-order valence-electron chi connectivity index (χ3n) is 3.39. The summed E-state index contributed by atoms with van der Waals surface area (Å²) in [7, 11) is -2.97. The number of aromatic amines is 1. The highest BCUT2D eigenvalue weighted by molar-refractivity contribution is 7.92. The first-order chi connectivity index (χ1) is 11.8. The number of carbonyl (C=O) groups is 1. The highest BCUT2D eigenvalue weighted by atomic mass is 32.2. The standard InChI is InChI=1S/C15H12N2O7S/c1-23-14(19)9-3-2-4-11(13(9)18)17-25(21,22)8-5-6-10-12(7-8)24-15(20)16-10/h2-7,17-18H,1H3,(H,16,20). The molecule has 3 N–H and O–H groups in total. The van der Waals surface area contributed by atoms with Crippen molar-refractivity contribution < 1.29 is 27.5 Å². The molecule has 0 fully saturated rings. The van der Waals surface area contributed by atoms with E-state index in [1.54, 1.807) is 0 Å². The summed E-state index contributed by atoms with van der Waals surface area (Å²) < 4.78 is 36.5. The molecule has 10 heteroatoms. The van der Waals surface area contributed by atoms with Crippen molar-refractivity contribution in [1.29, 1.82) is 0 Å². The second kappa shape index (κ2) is 5.98. The van der Waals surface area contributed by atoms with Gasteiger partial charge in [-0.05, 0) is 24.3 Å². The summed E-state index contributed by atoms with van der Waals surface area (Å²) in [5.41, 5.74) is 0.0354. The number of phenols is 1. The van der Waals surface area contributed by atoms with Gasteiger partial charge in [-0.3, -0.25) is 9.71 Å². The van der Waals surface area contributed by atoms with E-state index in [2.05, 4.69) is 14.4 Å². The van der Waals surface area contributed by atoms with Gasteiger partial charge in [0, 0.05) is 6.07 Å². The first-order valence-electron chi connectivity index (χ1n) is 6.88. The molecule has 1 aromatic heterocycles. The maximum Gasteiger partial charge on any atom is 0.417 e. The van der Waals surface area contributed by atoms with Crippen molar-refractivity contribution >= 4 is 32.8 Å². The number of ether oxygens (including phenoxy) is 1. The van der Waals surface area contributed by atoms with E-state index < -0.39 is 27.5 Å².